The van der Waals surface area contributed by atoms with Crippen LogP contribution in [-0.4, -0.2) is 44.8 Å². The van der Waals surface area contributed by atoms with Crippen molar-refractivity contribution in [3.63, 3.8) is 0 Å². The highest BCUT2D eigenvalue weighted by atomic mass is 16.5. The second kappa shape index (κ2) is 5.69. The molecule has 1 amide bonds. The van der Waals surface area contributed by atoms with Crippen LogP contribution in [0, 0.1) is 5.92 Å². The molecule has 0 bridgehead atoms. The van der Waals surface area contributed by atoms with Crippen LogP contribution in [0.1, 0.15) is 60.0 Å². The van der Waals surface area contributed by atoms with Gasteiger partial charge in [-0.05, 0) is 43.7 Å². The maximum absolute atomic E-state index is 12.7. The number of ether oxygens (including phenoxy) is 1. The van der Waals surface area contributed by atoms with Crippen molar-refractivity contribution in [2.45, 2.75) is 43.8 Å². The van der Waals surface area contributed by atoms with Crippen LogP contribution in [0.2, 0.25) is 0 Å². The number of nitrogens with zero attached hydrogens (tertiary/aromatic N) is 4. The first-order valence-electron chi connectivity index (χ1n) is 9.08. The molecule has 0 radical (unpaired) electrons. The average Bonchev–Trinajstić information content (AvgIpc) is 3.03. The lowest BCUT2D eigenvalue weighted by molar-refractivity contribution is -0.0126. The number of carbonyl (C=O) groups is 1. The zero-order valence-corrected chi connectivity index (χ0v) is 14.3. The minimum Gasteiger partial charge on any atom is -0.422 e. The molecule has 3 fully saturated rings. The van der Waals surface area contributed by atoms with Gasteiger partial charge in [0.2, 0.25) is 11.8 Å². The Morgan fingerprint density at radius 2 is 2.08 bits per heavy atom. The highest BCUT2D eigenvalue weighted by Crippen LogP contribution is 2.43. The van der Waals surface area contributed by atoms with Crippen LogP contribution in [0.25, 0.3) is 0 Å². The van der Waals surface area contributed by atoms with Gasteiger partial charge in [0.15, 0.2) is 0 Å². The van der Waals surface area contributed by atoms with Crippen LogP contribution in [0.5, 0.6) is 0 Å². The van der Waals surface area contributed by atoms with Crippen LogP contribution in [-0.2, 0) is 11.8 Å². The van der Waals surface area contributed by atoms with E-state index in [4.69, 9.17) is 9.15 Å². The lowest BCUT2D eigenvalue weighted by Gasteiger charge is -2.34. The molecule has 7 heteroatoms. The summed E-state index contributed by atoms with van der Waals surface area (Å²) in [5.74, 6) is 2.36. The maximum Gasteiger partial charge on any atom is 0.270 e. The monoisotopic (exact) mass is 342 g/mol. The molecule has 5 rings (SSSR count). The number of piperidine rings is 1. The molecule has 7 nitrogen and oxygen atoms in total. The molecule has 0 spiro atoms. The predicted molar refractivity (Wildman–Crippen MR) is 87.9 cm³/mol. The number of fused-ring (bicyclic) bond motifs is 1. The van der Waals surface area contributed by atoms with Crippen molar-refractivity contribution in [2.75, 3.05) is 13.1 Å². The molecule has 1 aliphatic carbocycles. The number of rotatable bonds is 3. The van der Waals surface area contributed by atoms with Crippen molar-refractivity contribution < 1.29 is 13.9 Å². The number of aryl methyl sites for hydroxylation is 1. The number of likely N-dealkylation sites (tertiary alicyclic amines) is 1. The lowest BCUT2D eigenvalue weighted by atomic mass is 9.91. The van der Waals surface area contributed by atoms with Crippen LogP contribution >= 0.6 is 0 Å². The second-order valence-corrected chi connectivity index (χ2v) is 7.46. The fourth-order valence-corrected chi connectivity index (χ4v) is 3.99. The van der Waals surface area contributed by atoms with Gasteiger partial charge in [0.25, 0.3) is 5.91 Å². The number of carbonyl (C=O) groups excluding carboxylic acids is 1. The molecule has 0 N–H and O–H groups in total. The van der Waals surface area contributed by atoms with Crippen molar-refractivity contribution in [3.05, 3.63) is 35.8 Å². The standard InChI is InChI=1S/C18H22N4O3/c1-21-7-2-3-13(21)18(23)22-8-6-12-9-14(24-15(12)10-22)17-20-19-16(25-17)11-4-5-11/h2-3,7,11-12,14-15H,4-6,8-10H2,1H3/t12-,14-,15+/m1/s1. The summed E-state index contributed by atoms with van der Waals surface area (Å²) in [7, 11) is 1.90. The van der Waals surface area contributed by atoms with Crippen LogP contribution in [0.3, 0.4) is 0 Å². The van der Waals surface area contributed by atoms with Gasteiger partial charge in [0.05, 0.1) is 6.10 Å². The van der Waals surface area contributed by atoms with Gasteiger partial charge >= 0.3 is 0 Å². The van der Waals surface area contributed by atoms with Crippen LogP contribution in [0.15, 0.2) is 22.7 Å². The molecule has 2 saturated heterocycles. The van der Waals surface area contributed by atoms with Gasteiger partial charge in [0, 0.05) is 32.3 Å². The third kappa shape index (κ3) is 2.66. The molecule has 3 aliphatic rings. The minimum absolute atomic E-state index is 0.0549. The van der Waals surface area contributed by atoms with Crippen molar-refractivity contribution in [1.82, 2.24) is 19.7 Å². The summed E-state index contributed by atoms with van der Waals surface area (Å²) in [4.78, 5) is 14.6. The summed E-state index contributed by atoms with van der Waals surface area (Å²) in [5.41, 5.74) is 0.721. The molecule has 0 unspecified atom stereocenters. The van der Waals surface area contributed by atoms with Crippen molar-refractivity contribution in [1.29, 1.82) is 0 Å². The Morgan fingerprint density at radius 1 is 1.24 bits per heavy atom. The number of aromatic nitrogens is 3. The predicted octanol–water partition coefficient (Wildman–Crippen LogP) is 2.28. The third-order valence-corrected chi connectivity index (χ3v) is 5.66. The first-order chi connectivity index (χ1) is 12.2. The Labute approximate surface area is 146 Å². The van der Waals surface area contributed by atoms with Crippen LogP contribution < -0.4 is 0 Å². The first-order valence-corrected chi connectivity index (χ1v) is 9.08. The maximum atomic E-state index is 12.7. The summed E-state index contributed by atoms with van der Waals surface area (Å²) in [6.07, 6.45) is 5.99. The van der Waals surface area contributed by atoms with E-state index in [1.807, 2.05) is 34.8 Å². The molecule has 4 heterocycles. The van der Waals surface area contributed by atoms with Crippen molar-refractivity contribution in [2.24, 2.45) is 13.0 Å². The fourth-order valence-electron chi connectivity index (χ4n) is 3.99. The SMILES string of the molecule is Cn1cccc1C(=O)N1CC[C@@H]2C[C@H](c3nnc(C4CC4)o3)O[C@H]2C1. The third-order valence-electron chi connectivity index (χ3n) is 5.66. The molecule has 25 heavy (non-hydrogen) atoms. The highest BCUT2D eigenvalue weighted by molar-refractivity contribution is 5.92. The molecule has 3 atom stereocenters. The largest absolute Gasteiger partial charge is 0.422 e. The zero-order chi connectivity index (χ0) is 17.0. The molecule has 2 aliphatic heterocycles. The number of hydrogen-bond donors (Lipinski definition) is 0. The summed E-state index contributed by atoms with van der Waals surface area (Å²) in [6.45, 7) is 1.41. The first kappa shape index (κ1) is 15.1. The van der Waals surface area contributed by atoms with E-state index in [2.05, 4.69) is 10.2 Å². The van der Waals surface area contributed by atoms with Gasteiger partial charge in [-0.1, -0.05) is 0 Å². The highest BCUT2D eigenvalue weighted by Gasteiger charge is 2.43. The van der Waals surface area contributed by atoms with E-state index in [1.165, 1.54) is 0 Å². The van der Waals surface area contributed by atoms with Crippen molar-refractivity contribution >= 4 is 5.91 Å². The molecule has 2 aromatic rings. The second-order valence-electron chi connectivity index (χ2n) is 7.46. The smallest absolute Gasteiger partial charge is 0.270 e. The van der Waals surface area contributed by atoms with Gasteiger partial charge in [-0.25, -0.2) is 0 Å². The number of amides is 1. The molecular formula is C18H22N4O3. The molecule has 0 aromatic carbocycles. The molecule has 1 saturated carbocycles. The quantitative estimate of drug-likeness (QED) is 0.855. The Morgan fingerprint density at radius 3 is 2.84 bits per heavy atom. The van der Waals surface area contributed by atoms with E-state index in [-0.39, 0.29) is 18.1 Å². The molecular weight excluding hydrogens is 320 g/mol. The van der Waals surface area contributed by atoms with E-state index < -0.39 is 0 Å². The Hall–Kier alpha value is -2.15. The Kier molecular flexibility index (Phi) is 3.45. The summed E-state index contributed by atoms with van der Waals surface area (Å²) in [5, 5.41) is 8.36. The molecule has 2 aromatic heterocycles. The van der Waals surface area contributed by atoms with Crippen molar-refractivity contribution in [3.8, 4) is 0 Å². The van der Waals surface area contributed by atoms with Gasteiger partial charge in [-0.3, -0.25) is 4.79 Å². The number of hydrogen-bond acceptors (Lipinski definition) is 5. The Bertz CT molecular complexity index is 794. The summed E-state index contributed by atoms with van der Waals surface area (Å²) in [6, 6.07) is 3.76. The minimum atomic E-state index is -0.125. The van der Waals surface area contributed by atoms with Gasteiger partial charge in [-0.2, -0.15) is 0 Å². The lowest BCUT2D eigenvalue weighted by Crippen LogP contribution is -2.45. The average molecular weight is 342 g/mol. The summed E-state index contributed by atoms with van der Waals surface area (Å²) >= 11 is 0. The van der Waals surface area contributed by atoms with Gasteiger partial charge in [-0.15, -0.1) is 10.2 Å². The Balaban J connectivity index is 1.27. The topological polar surface area (TPSA) is 73.4 Å². The van der Waals surface area contributed by atoms with Gasteiger partial charge in [0.1, 0.15) is 11.8 Å². The van der Waals surface area contributed by atoms with E-state index in [0.717, 1.165) is 43.8 Å². The van der Waals surface area contributed by atoms with E-state index >= 15 is 0 Å². The molecule has 132 valence electrons. The van der Waals surface area contributed by atoms with Crippen LogP contribution in [0.4, 0.5) is 0 Å². The fraction of sp³-hybridized carbons (Fsp3) is 0.611. The summed E-state index contributed by atoms with van der Waals surface area (Å²) < 4.78 is 13.9. The normalized spacial score (nSPS) is 29.0. The van der Waals surface area contributed by atoms with E-state index in [1.54, 1.807) is 0 Å². The zero-order valence-electron chi connectivity index (χ0n) is 14.3. The van der Waals surface area contributed by atoms with E-state index in [9.17, 15) is 4.79 Å². The van der Waals surface area contributed by atoms with Gasteiger partial charge < -0.3 is 18.6 Å². The van der Waals surface area contributed by atoms with E-state index in [0.29, 0.717) is 24.3 Å².